The minimum atomic E-state index is 0.437. The van der Waals surface area contributed by atoms with Crippen LogP contribution in [0.25, 0.3) is 0 Å². The van der Waals surface area contributed by atoms with Crippen LogP contribution in [0.5, 0.6) is 0 Å². The van der Waals surface area contributed by atoms with Gasteiger partial charge >= 0.3 is 0 Å². The van der Waals surface area contributed by atoms with Crippen LogP contribution in [0.2, 0.25) is 0 Å². The number of rotatable bonds is 2. The highest BCUT2D eigenvalue weighted by molar-refractivity contribution is 8.50. The molecule has 0 aliphatic heterocycles. The van der Waals surface area contributed by atoms with E-state index in [2.05, 4.69) is 12.7 Å². The Bertz CT molecular complexity index is 58.3. The summed E-state index contributed by atoms with van der Waals surface area (Å²) in [6.45, 7) is 2.05. The predicted octanol–water partition coefficient (Wildman–Crippen LogP) is 1.81. The van der Waals surface area contributed by atoms with Crippen LogP contribution >= 0.6 is 19.2 Å². The molecule has 6 heavy (non-hydrogen) atoms. The monoisotopic (exact) mass is 119 g/mol. The molecule has 0 aromatic carbocycles. The number of nitrogens with zero attached hydrogens (tertiary/aromatic N) is 1. The van der Waals surface area contributed by atoms with E-state index in [0.29, 0.717) is 7.78 Å². The molecule has 1 atom stereocenters. The van der Waals surface area contributed by atoms with E-state index in [1.165, 1.54) is 0 Å². The van der Waals surface area contributed by atoms with E-state index in [1.807, 2.05) is 0 Å². The van der Waals surface area contributed by atoms with Gasteiger partial charge < -0.3 is 0 Å². The molecule has 34 valence electrons. The maximum absolute atomic E-state index is 7.94. The summed E-state index contributed by atoms with van der Waals surface area (Å²) in [5.41, 5.74) is 0. The molecule has 0 fully saturated rings. The molecule has 0 rings (SSSR count). The molecule has 0 heterocycles. The van der Waals surface area contributed by atoms with Crippen LogP contribution < -0.4 is 0 Å². The van der Waals surface area contributed by atoms with E-state index in [1.54, 1.807) is 11.4 Å². The Morgan fingerprint density at radius 1 is 2.00 bits per heavy atom. The molecule has 3 heteroatoms. The van der Waals surface area contributed by atoms with Gasteiger partial charge in [0.25, 0.3) is 0 Å². The van der Waals surface area contributed by atoms with Gasteiger partial charge in [0.1, 0.15) is 0 Å². The van der Waals surface area contributed by atoms with Crippen LogP contribution in [0.3, 0.4) is 0 Å². The van der Waals surface area contributed by atoms with E-state index in [0.717, 1.165) is 5.75 Å². The van der Waals surface area contributed by atoms with Gasteiger partial charge in [-0.1, -0.05) is 6.92 Å². The Morgan fingerprint density at radius 2 is 2.67 bits per heavy atom. The van der Waals surface area contributed by atoms with Gasteiger partial charge in [0, 0.05) is 7.78 Å². The molecule has 1 unspecified atom stereocenters. The summed E-state index contributed by atoms with van der Waals surface area (Å²) >= 11 is 1.67. The zero-order valence-corrected chi connectivity index (χ0v) is 5.38. The molecule has 0 amide bonds. The molecule has 0 aliphatic carbocycles. The van der Waals surface area contributed by atoms with Crippen LogP contribution in [0.4, 0.5) is 0 Å². The second kappa shape index (κ2) is 5.27. The maximum Gasteiger partial charge on any atom is 0.0951 e. The lowest BCUT2D eigenvalue weighted by atomic mass is 11.0. The topological polar surface area (TPSA) is 23.8 Å². The predicted molar refractivity (Wildman–Crippen MR) is 32.1 cm³/mol. The second-order valence-electron chi connectivity index (χ2n) is 0.647. The van der Waals surface area contributed by atoms with Gasteiger partial charge in [-0.15, -0.1) is 11.4 Å². The van der Waals surface area contributed by atoms with Crippen molar-refractivity contribution in [1.29, 1.82) is 5.26 Å². The van der Waals surface area contributed by atoms with Crippen molar-refractivity contribution >= 4 is 19.2 Å². The Kier molecular flexibility index (Phi) is 5.51. The molecule has 0 spiro atoms. The molecule has 0 aromatic heterocycles. The third-order valence-corrected chi connectivity index (χ3v) is 2.36. The lowest BCUT2D eigenvalue weighted by Gasteiger charge is -1.78. The standard InChI is InChI=1S/C3H6NPS/c1-2-6-5-3-4/h5H,2H2,1H3. The fourth-order valence-electron chi connectivity index (χ4n) is 0.104. The van der Waals surface area contributed by atoms with Crippen molar-refractivity contribution in [2.45, 2.75) is 6.92 Å². The first kappa shape index (κ1) is 6.27. The van der Waals surface area contributed by atoms with E-state index < -0.39 is 0 Å². The summed E-state index contributed by atoms with van der Waals surface area (Å²) < 4.78 is 0. The van der Waals surface area contributed by atoms with Crippen LogP contribution in [0.15, 0.2) is 0 Å². The van der Waals surface area contributed by atoms with Crippen molar-refractivity contribution in [2.24, 2.45) is 0 Å². The van der Waals surface area contributed by atoms with Gasteiger partial charge in [-0.05, 0) is 5.75 Å². The Labute approximate surface area is 43.6 Å². The molecule has 1 nitrogen and oxygen atoms in total. The molecule has 0 N–H and O–H groups in total. The van der Waals surface area contributed by atoms with Crippen molar-refractivity contribution in [3.8, 4) is 5.81 Å². The quantitative estimate of drug-likeness (QED) is 0.409. The fourth-order valence-corrected chi connectivity index (χ4v) is 0.940. The lowest BCUT2D eigenvalue weighted by molar-refractivity contribution is 1.54. The van der Waals surface area contributed by atoms with Crippen LogP contribution in [-0.4, -0.2) is 5.75 Å². The summed E-state index contributed by atoms with van der Waals surface area (Å²) in [5.74, 6) is 3.12. The van der Waals surface area contributed by atoms with E-state index in [-0.39, 0.29) is 0 Å². The summed E-state index contributed by atoms with van der Waals surface area (Å²) in [4.78, 5) is 0. The zero-order valence-electron chi connectivity index (χ0n) is 3.56. The highest BCUT2D eigenvalue weighted by Crippen LogP contribution is 2.25. The van der Waals surface area contributed by atoms with Gasteiger partial charge in [0.15, 0.2) is 0 Å². The number of hydrogen-bond acceptors (Lipinski definition) is 2. The van der Waals surface area contributed by atoms with Crippen molar-refractivity contribution in [1.82, 2.24) is 0 Å². The summed E-state index contributed by atoms with van der Waals surface area (Å²) in [6.07, 6.45) is 0. The number of hydrogen-bond donors (Lipinski definition) is 0. The molecule has 0 aromatic rings. The van der Waals surface area contributed by atoms with E-state index in [9.17, 15) is 0 Å². The van der Waals surface area contributed by atoms with Gasteiger partial charge in [-0.25, -0.2) is 0 Å². The fraction of sp³-hybridized carbons (Fsp3) is 0.667. The Hall–Kier alpha value is 0.270. The van der Waals surface area contributed by atoms with Crippen molar-refractivity contribution in [3.63, 3.8) is 0 Å². The molecular formula is C3H6NPS. The summed E-state index contributed by atoms with van der Waals surface area (Å²) in [5, 5.41) is 7.94. The van der Waals surface area contributed by atoms with Gasteiger partial charge in [0.05, 0.1) is 5.81 Å². The minimum absolute atomic E-state index is 0.437. The lowest BCUT2D eigenvalue weighted by Crippen LogP contribution is -1.49. The van der Waals surface area contributed by atoms with Crippen molar-refractivity contribution in [3.05, 3.63) is 0 Å². The SMILES string of the molecule is CCSPC#N. The van der Waals surface area contributed by atoms with Crippen LogP contribution in [0.1, 0.15) is 6.92 Å². The van der Waals surface area contributed by atoms with Gasteiger partial charge in [-0.2, -0.15) is 5.26 Å². The highest BCUT2D eigenvalue weighted by Gasteiger charge is 1.73. The Balaban J connectivity index is 2.54. The Morgan fingerprint density at radius 3 is 2.83 bits per heavy atom. The summed E-state index contributed by atoms with van der Waals surface area (Å²) in [6, 6.07) is 0. The molecule has 0 radical (unpaired) electrons. The number of nitriles is 1. The molecule has 0 bridgehead atoms. The molecule has 0 aliphatic rings. The molecule has 0 saturated carbocycles. The highest BCUT2D eigenvalue weighted by atomic mass is 32.7. The zero-order chi connectivity index (χ0) is 4.83. The van der Waals surface area contributed by atoms with Crippen LogP contribution in [-0.2, 0) is 0 Å². The van der Waals surface area contributed by atoms with Gasteiger partial charge in [0.2, 0.25) is 0 Å². The van der Waals surface area contributed by atoms with E-state index >= 15 is 0 Å². The van der Waals surface area contributed by atoms with Crippen molar-refractivity contribution in [2.75, 3.05) is 5.75 Å². The van der Waals surface area contributed by atoms with Crippen LogP contribution in [0, 0.1) is 11.1 Å². The van der Waals surface area contributed by atoms with Gasteiger partial charge in [-0.3, -0.25) is 0 Å². The third kappa shape index (κ3) is 4.27. The second-order valence-corrected chi connectivity index (χ2v) is 3.42. The average Bonchev–Trinajstić information content (AvgIpc) is 1.61. The van der Waals surface area contributed by atoms with E-state index in [4.69, 9.17) is 5.26 Å². The first-order chi connectivity index (χ1) is 2.91. The normalized spacial score (nSPS) is 9.33. The molecular weight excluding hydrogens is 113 g/mol. The maximum atomic E-state index is 7.94. The summed E-state index contributed by atoms with van der Waals surface area (Å²) in [7, 11) is 0.437. The minimum Gasteiger partial charge on any atom is -0.193 e. The molecule has 0 saturated heterocycles. The first-order valence-corrected chi connectivity index (χ1v) is 4.38. The average molecular weight is 119 g/mol. The third-order valence-electron chi connectivity index (χ3n) is 0.262. The first-order valence-electron chi connectivity index (χ1n) is 1.67. The smallest absolute Gasteiger partial charge is 0.0951 e. The largest absolute Gasteiger partial charge is 0.193 e. The van der Waals surface area contributed by atoms with Crippen molar-refractivity contribution < 1.29 is 0 Å².